The van der Waals surface area contributed by atoms with E-state index in [-0.39, 0.29) is 11.9 Å². The fraction of sp³-hybridized carbons (Fsp3) is 0.294. The summed E-state index contributed by atoms with van der Waals surface area (Å²) in [4.78, 5) is 20.7. The third kappa shape index (κ3) is 2.65. The van der Waals surface area contributed by atoms with Crippen molar-refractivity contribution in [2.24, 2.45) is 0 Å². The van der Waals surface area contributed by atoms with Crippen molar-refractivity contribution in [1.29, 1.82) is 0 Å². The van der Waals surface area contributed by atoms with Gasteiger partial charge >= 0.3 is 0 Å². The van der Waals surface area contributed by atoms with E-state index in [0.29, 0.717) is 25.3 Å². The van der Waals surface area contributed by atoms with E-state index in [1.54, 1.807) is 17.2 Å². The zero-order valence-corrected chi connectivity index (χ0v) is 14.7. The highest BCUT2D eigenvalue weighted by molar-refractivity contribution is 5.95. The molecular formula is C17H17N9O. The highest BCUT2D eigenvalue weighted by atomic mass is 16.2. The molecule has 27 heavy (non-hydrogen) atoms. The molecule has 1 saturated heterocycles. The fourth-order valence-corrected chi connectivity index (χ4v) is 3.34. The normalized spacial score (nSPS) is 14.6. The van der Waals surface area contributed by atoms with Gasteiger partial charge in [-0.15, -0.1) is 5.10 Å². The summed E-state index contributed by atoms with van der Waals surface area (Å²) < 4.78 is 3.65. The van der Waals surface area contributed by atoms with E-state index in [4.69, 9.17) is 0 Å². The van der Waals surface area contributed by atoms with E-state index in [2.05, 4.69) is 25.5 Å². The lowest BCUT2D eigenvalue weighted by molar-refractivity contribution is 0.0490. The Hall–Kier alpha value is -3.56. The van der Waals surface area contributed by atoms with Crippen LogP contribution in [0.15, 0.2) is 43.0 Å². The Morgan fingerprint density at radius 1 is 1.22 bits per heavy atom. The second kappa shape index (κ2) is 6.01. The average Bonchev–Trinajstić information content (AvgIpc) is 3.33. The molecule has 136 valence electrons. The minimum absolute atomic E-state index is 0.0106. The van der Waals surface area contributed by atoms with Gasteiger partial charge in [0.05, 0.1) is 30.3 Å². The van der Waals surface area contributed by atoms with Gasteiger partial charge in [0.2, 0.25) is 0 Å². The van der Waals surface area contributed by atoms with Crippen LogP contribution in [0.3, 0.4) is 0 Å². The van der Waals surface area contributed by atoms with E-state index in [1.165, 1.54) is 0 Å². The lowest BCUT2D eigenvalue weighted by atomic mass is 10.1. The summed E-state index contributed by atoms with van der Waals surface area (Å²) in [6, 6.07) is 5.83. The monoisotopic (exact) mass is 363 g/mol. The lowest BCUT2D eigenvalue weighted by Crippen LogP contribution is -2.51. The van der Waals surface area contributed by atoms with E-state index in [0.717, 1.165) is 17.0 Å². The van der Waals surface area contributed by atoms with Crippen molar-refractivity contribution in [3.8, 4) is 0 Å². The predicted molar refractivity (Wildman–Crippen MR) is 94.0 cm³/mol. The summed E-state index contributed by atoms with van der Waals surface area (Å²) in [5.41, 5.74) is 2.93. The molecule has 10 heteroatoms. The molecule has 0 atom stereocenters. The molecule has 10 nitrogen and oxygen atoms in total. The maximum Gasteiger partial charge on any atom is 0.272 e. The number of amides is 1. The quantitative estimate of drug-likeness (QED) is 0.526. The molecule has 4 aromatic rings. The Bertz CT molecular complexity index is 1100. The molecule has 0 aromatic carbocycles. The molecule has 5 rings (SSSR count). The highest BCUT2D eigenvalue weighted by Gasteiger charge is 2.35. The predicted octanol–water partition coefficient (Wildman–Crippen LogP) is 0.571. The van der Waals surface area contributed by atoms with Gasteiger partial charge in [0.1, 0.15) is 23.6 Å². The molecule has 0 unspecified atom stereocenters. The zero-order valence-electron chi connectivity index (χ0n) is 14.7. The van der Waals surface area contributed by atoms with Gasteiger partial charge in [0, 0.05) is 19.3 Å². The van der Waals surface area contributed by atoms with E-state index in [9.17, 15) is 4.79 Å². The van der Waals surface area contributed by atoms with Crippen LogP contribution in [0.2, 0.25) is 0 Å². The van der Waals surface area contributed by atoms with Gasteiger partial charge in [-0.2, -0.15) is 15.0 Å². The van der Waals surface area contributed by atoms with Gasteiger partial charge in [-0.1, -0.05) is 11.3 Å². The molecule has 0 bridgehead atoms. The third-order valence-electron chi connectivity index (χ3n) is 4.76. The van der Waals surface area contributed by atoms with Crippen molar-refractivity contribution in [2.45, 2.75) is 19.5 Å². The number of hydrogen-bond acceptors (Lipinski definition) is 6. The molecule has 0 radical (unpaired) electrons. The Balaban J connectivity index is 1.28. The number of fused-ring (bicyclic) bond motifs is 1. The summed E-state index contributed by atoms with van der Waals surface area (Å²) in [5.74, 6) is -0.0106. The van der Waals surface area contributed by atoms with E-state index >= 15 is 0 Å². The number of rotatable bonds is 4. The van der Waals surface area contributed by atoms with Crippen molar-refractivity contribution in [1.82, 2.24) is 44.3 Å². The van der Waals surface area contributed by atoms with Crippen LogP contribution in [0.25, 0.3) is 5.65 Å². The first kappa shape index (κ1) is 15.7. The molecule has 1 amide bonds. The molecule has 0 saturated carbocycles. The van der Waals surface area contributed by atoms with Crippen LogP contribution < -0.4 is 0 Å². The van der Waals surface area contributed by atoms with Crippen molar-refractivity contribution in [3.63, 3.8) is 0 Å². The number of aromatic nitrogens is 8. The van der Waals surface area contributed by atoms with Gasteiger partial charge in [-0.05, 0) is 19.1 Å². The van der Waals surface area contributed by atoms with E-state index in [1.807, 2.05) is 51.5 Å². The average molecular weight is 363 g/mol. The topological polar surface area (TPSA) is 99.0 Å². The maximum absolute atomic E-state index is 12.9. The van der Waals surface area contributed by atoms with Crippen molar-refractivity contribution >= 4 is 11.6 Å². The summed E-state index contributed by atoms with van der Waals surface area (Å²) in [6.45, 7) is 3.54. The van der Waals surface area contributed by atoms with Gasteiger partial charge in [-0.3, -0.25) is 9.20 Å². The smallest absolute Gasteiger partial charge is 0.272 e. The molecule has 4 aromatic heterocycles. The van der Waals surface area contributed by atoms with Gasteiger partial charge in [0.25, 0.3) is 5.91 Å². The van der Waals surface area contributed by atoms with Crippen LogP contribution in [0, 0.1) is 6.92 Å². The molecule has 1 aliphatic heterocycles. The zero-order chi connectivity index (χ0) is 18.4. The largest absolute Gasteiger partial charge is 0.333 e. The van der Waals surface area contributed by atoms with Crippen molar-refractivity contribution < 1.29 is 4.79 Å². The van der Waals surface area contributed by atoms with Crippen molar-refractivity contribution in [3.05, 3.63) is 60.1 Å². The fourth-order valence-electron chi connectivity index (χ4n) is 3.34. The highest BCUT2D eigenvalue weighted by Crippen LogP contribution is 2.24. The Morgan fingerprint density at radius 2 is 2.04 bits per heavy atom. The Labute approximate surface area is 154 Å². The molecule has 0 spiro atoms. The number of pyridine rings is 1. The summed E-state index contributed by atoms with van der Waals surface area (Å²) in [6.07, 6.45) is 7.01. The third-order valence-corrected chi connectivity index (χ3v) is 4.76. The SMILES string of the molecule is Cc1nc2ccccn2c1C(=O)N1CC(n2cc(Cn3nccn3)nn2)C1. The van der Waals surface area contributed by atoms with E-state index < -0.39 is 0 Å². The first-order chi connectivity index (χ1) is 13.2. The maximum atomic E-state index is 12.9. The second-order valence-electron chi connectivity index (χ2n) is 6.59. The number of carbonyl (C=O) groups excluding carboxylic acids is 1. The van der Waals surface area contributed by atoms with Gasteiger partial charge in [-0.25, -0.2) is 9.67 Å². The van der Waals surface area contributed by atoms with Crippen LogP contribution in [0.5, 0.6) is 0 Å². The van der Waals surface area contributed by atoms with Crippen LogP contribution in [-0.2, 0) is 6.54 Å². The number of hydrogen-bond donors (Lipinski definition) is 0. The molecule has 0 N–H and O–H groups in total. The second-order valence-corrected chi connectivity index (χ2v) is 6.59. The molecule has 1 fully saturated rings. The standard InChI is InChI=1S/C17H17N9O/c1-12-16(24-7-3-2-4-15(24)20-12)17(27)23-10-14(11-23)25-8-13(21-22-25)9-26-18-5-6-19-26/h2-8,14H,9-11H2,1H3. The molecule has 0 aliphatic carbocycles. The van der Waals surface area contributed by atoms with Crippen LogP contribution >= 0.6 is 0 Å². The number of aryl methyl sites for hydroxylation is 1. The number of imidazole rings is 1. The van der Waals surface area contributed by atoms with Crippen LogP contribution in [0.4, 0.5) is 0 Å². The van der Waals surface area contributed by atoms with Crippen molar-refractivity contribution in [2.75, 3.05) is 13.1 Å². The lowest BCUT2D eigenvalue weighted by Gasteiger charge is -2.38. The number of nitrogens with zero attached hydrogens (tertiary/aromatic N) is 9. The number of carbonyl (C=O) groups is 1. The first-order valence-electron chi connectivity index (χ1n) is 8.67. The Morgan fingerprint density at radius 3 is 2.85 bits per heavy atom. The molecule has 1 aliphatic rings. The minimum Gasteiger partial charge on any atom is -0.333 e. The van der Waals surface area contributed by atoms with Gasteiger partial charge < -0.3 is 4.90 Å². The Kier molecular flexibility index (Phi) is 3.49. The van der Waals surface area contributed by atoms with Gasteiger partial charge in [0.15, 0.2) is 0 Å². The van der Waals surface area contributed by atoms with Crippen LogP contribution in [-0.4, -0.2) is 63.3 Å². The summed E-state index contributed by atoms with van der Waals surface area (Å²) in [7, 11) is 0. The first-order valence-corrected chi connectivity index (χ1v) is 8.67. The number of likely N-dealkylation sites (tertiary alicyclic amines) is 1. The minimum atomic E-state index is -0.0106. The molecular weight excluding hydrogens is 346 g/mol. The summed E-state index contributed by atoms with van der Waals surface area (Å²) in [5, 5.41) is 16.5. The molecule has 5 heterocycles. The van der Waals surface area contributed by atoms with Crippen LogP contribution in [0.1, 0.15) is 27.9 Å². The summed E-state index contributed by atoms with van der Waals surface area (Å²) >= 11 is 0.